The fourth-order valence-corrected chi connectivity index (χ4v) is 2.20. The van der Waals surface area contributed by atoms with E-state index in [9.17, 15) is 9.59 Å². The lowest BCUT2D eigenvalue weighted by molar-refractivity contribution is -0.121. The molecule has 0 aliphatic carbocycles. The average Bonchev–Trinajstić information content (AvgIpc) is 2.57. The van der Waals surface area contributed by atoms with Gasteiger partial charge in [0.05, 0.1) is 6.61 Å². The lowest BCUT2D eigenvalue weighted by atomic mass is 10.1. The molecule has 1 aliphatic rings. The number of nitrogens with zero attached hydrogens (tertiary/aromatic N) is 1. The van der Waals surface area contributed by atoms with E-state index in [0.29, 0.717) is 19.1 Å². The highest BCUT2D eigenvalue weighted by atomic mass is 16.6. The molecule has 134 valence electrons. The van der Waals surface area contributed by atoms with E-state index in [4.69, 9.17) is 9.47 Å². The molecule has 1 amide bonds. The summed E-state index contributed by atoms with van der Waals surface area (Å²) in [6.45, 7) is 9.98. The Bertz CT molecular complexity index is 513. The van der Waals surface area contributed by atoms with Gasteiger partial charge in [0.15, 0.2) is 5.78 Å². The summed E-state index contributed by atoms with van der Waals surface area (Å²) in [5.74, 6) is 0.539. The first-order chi connectivity index (χ1) is 11.5. The third-order valence-electron chi connectivity index (χ3n) is 3.68. The first-order valence-corrected chi connectivity index (χ1v) is 8.56. The molecule has 2 rings (SSSR count). The van der Waals surface area contributed by atoms with E-state index in [0.717, 1.165) is 25.1 Å². The normalized spacial score (nSPS) is 16.9. The molecule has 0 N–H and O–H groups in total. The maximum Gasteiger partial charge on any atom is 0.414 e. The van der Waals surface area contributed by atoms with E-state index in [-0.39, 0.29) is 18.5 Å². The van der Waals surface area contributed by atoms with Crippen molar-refractivity contribution in [2.24, 2.45) is 5.92 Å². The van der Waals surface area contributed by atoms with E-state index in [2.05, 4.69) is 6.92 Å². The molecule has 0 unspecified atom stereocenters. The summed E-state index contributed by atoms with van der Waals surface area (Å²) in [6, 6.07) is 7.96. The summed E-state index contributed by atoms with van der Waals surface area (Å²) >= 11 is 0. The monoisotopic (exact) mass is 335 g/mol. The Morgan fingerprint density at radius 3 is 2.50 bits per heavy atom. The second kappa shape index (κ2) is 10.8. The van der Waals surface area contributed by atoms with Gasteiger partial charge in [0.2, 0.25) is 0 Å². The van der Waals surface area contributed by atoms with Crippen LogP contribution in [0.4, 0.5) is 10.5 Å². The molecule has 1 saturated heterocycles. The molecule has 0 aromatic heterocycles. The van der Waals surface area contributed by atoms with Crippen LogP contribution in [0.1, 0.15) is 39.2 Å². The lowest BCUT2D eigenvalue weighted by Gasteiger charge is -2.31. The topological polar surface area (TPSA) is 55.8 Å². The van der Waals surface area contributed by atoms with Crippen molar-refractivity contribution in [3.63, 3.8) is 0 Å². The van der Waals surface area contributed by atoms with Crippen molar-refractivity contribution in [2.45, 2.75) is 40.5 Å². The van der Waals surface area contributed by atoms with E-state index in [1.165, 1.54) is 12.5 Å². The van der Waals surface area contributed by atoms with Gasteiger partial charge in [-0.05, 0) is 38.8 Å². The first kappa shape index (κ1) is 20.2. The zero-order valence-corrected chi connectivity index (χ0v) is 15.2. The Morgan fingerprint density at radius 2 is 1.96 bits per heavy atom. The second-order valence-corrected chi connectivity index (χ2v) is 6.05. The van der Waals surface area contributed by atoms with Crippen molar-refractivity contribution >= 4 is 17.6 Å². The molecule has 24 heavy (non-hydrogen) atoms. The minimum Gasteiger partial charge on any atom is -0.449 e. The molecule has 1 aliphatic heterocycles. The quantitative estimate of drug-likeness (QED) is 0.738. The molecule has 0 saturated carbocycles. The lowest BCUT2D eigenvalue weighted by Crippen LogP contribution is -2.42. The summed E-state index contributed by atoms with van der Waals surface area (Å²) in [7, 11) is 0. The van der Waals surface area contributed by atoms with Crippen molar-refractivity contribution in [2.75, 3.05) is 31.3 Å². The van der Waals surface area contributed by atoms with Gasteiger partial charge in [0.1, 0.15) is 6.61 Å². The molecule has 1 aromatic rings. The third kappa shape index (κ3) is 7.13. The molecule has 1 aromatic carbocycles. The highest BCUT2D eigenvalue weighted by molar-refractivity contribution is 5.88. The Morgan fingerprint density at radius 1 is 1.29 bits per heavy atom. The van der Waals surface area contributed by atoms with Crippen LogP contribution in [-0.2, 0) is 14.3 Å². The van der Waals surface area contributed by atoms with Crippen molar-refractivity contribution in [1.29, 1.82) is 0 Å². The standard InChI is InChI=1S/C13H17NO2.C6H12O2/c1-3-11-8-14(13(15)16-9-11)12-6-4-10(2)5-7-12;1-3-4-8-5-6(2)7/h4-7,11H,3,8-9H2,1-2H3;3-5H2,1-2H3/t11-;/m1./s1. The molecule has 1 atom stereocenters. The summed E-state index contributed by atoms with van der Waals surface area (Å²) in [5.41, 5.74) is 2.12. The number of hydrogen-bond acceptors (Lipinski definition) is 4. The number of ether oxygens (including phenoxy) is 2. The summed E-state index contributed by atoms with van der Waals surface area (Å²) in [4.78, 5) is 23.6. The van der Waals surface area contributed by atoms with Gasteiger partial charge in [-0.3, -0.25) is 9.69 Å². The van der Waals surface area contributed by atoms with Crippen LogP contribution in [0.15, 0.2) is 24.3 Å². The van der Waals surface area contributed by atoms with Gasteiger partial charge in [-0.1, -0.05) is 31.5 Å². The van der Waals surface area contributed by atoms with Crippen LogP contribution in [-0.4, -0.2) is 38.2 Å². The van der Waals surface area contributed by atoms with Crippen LogP contribution in [0.3, 0.4) is 0 Å². The number of cyclic esters (lactones) is 1. The van der Waals surface area contributed by atoms with Crippen molar-refractivity contribution in [3.8, 4) is 0 Å². The molecule has 0 bridgehead atoms. The zero-order chi connectivity index (χ0) is 17.9. The molecule has 5 nitrogen and oxygen atoms in total. The summed E-state index contributed by atoms with van der Waals surface area (Å²) in [5, 5.41) is 0. The SMILES string of the molecule is CCCOCC(C)=O.CC[C@H]1COC(=O)N(c2ccc(C)cc2)C1. The number of carbonyl (C=O) groups excluding carboxylic acids is 2. The minimum atomic E-state index is -0.228. The maximum atomic E-state index is 11.6. The molecule has 0 spiro atoms. The molecule has 5 heteroatoms. The maximum absolute atomic E-state index is 11.6. The molecule has 1 heterocycles. The van der Waals surface area contributed by atoms with Crippen LogP contribution in [0, 0.1) is 12.8 Å². The second-order valence-electron chi connectivity index (χ2n) is 6.05. The van der Waals surface area contributed by atoms with Crippen LogP contribution >= 0.6 is 0 Å². The van der Waals surface area contributed by atoms with Gasteiger partial charge in [-0.15, -0.1) is 0 Å². The number of Topliss-reactive ketones (excluding diaryl/α,β-unsaturated/α-hetero) is 1. The predicted octanol–water partition coefficient (Wildman–Crippen LogP) is 3.98. The third-order valence-corrected chi connectivity index (χ3v) is 3.68. The smallest absolute Gasteiger partial charge is 0.414 e. The number of amides is 1. The number of carbonyl (C=O) groups is 2. The van der Waals surface area contributed by atoms with Crippen LogP contribution < -0.4 is 4.90 Å². The number of rotatable bonds is 6. The molecular formula is C19H29NO4. The first-order valence-electron chi connectivity index (χ1n) is 8.56. The van der Waals surface area contributed by atoms with E-state index < -0.39 is 0 Å². The van der Waals surface area contributed by atoms with E-state index in [1.54, 1.807) is 4.90 Å². The van der Waals surface area contributed by atoms with Crippen LogP contribution in [0.5, 0.6) is 0 Å². The number of benzene rings is 1. The van der Waals surface area contributed by atoms with Crippen molar-refractivity contribution in [3.05, 3.63) is 29.8 Å². The van der Waals surface area contributed by atoms with Crippen molar-refractivity contribution < 1.29 is 19.1 Å². The minimum absolute atomic E-state index is 0.0958. The Labute approximate surface area is 144 Å². The highest BCUT2D eigenvalue weighted by Crippen LogP contribution is 2.22. The molecule has 1 fully saturated rings. The van der Waals surface area contributed by atoms with Gasteiger partial charge in [-0.2, -0.15) is 0 Å². The Hall–Kier alpha value is -1.88. The van der Waals surface area contributed by atoms with E-state index in [1.807, 2.05) is 38.1 Å². The fourth-order valence-electron chi connectivity index (χ4n) is 2.20. The number of anilines is 1. The molecular weight excluding hydrogens is 306 g/mol. The van der Waals surface area contributed by atoms with Gasteiger partial charge in [0, 0.05) is 24.8 Å². The van der Waals surface area contributed by atoms with Gasteiger partial charge in [-0.25, -0.2) is 4.79 Å². The number of ketones is 1. The average molecular weight is 335 g/mol. The zero-order valence-electron chi connectivity index (χ0n) is 15.2. The number of aryl methyl sites for hydroxylation is 1. The van der Waals surface area contributed by atoms with Gasteiger partial charge >= 0.3 is 6.09 Å². The van der Waals surface area contributed by atoms with Crippen LogP contribution in [0.25, 0.3) is 0 Å². The van der Waals surface area contributed by atoms with Crippen LogP contribution in [0.2, 0.25) is 0 Å². The predicted molar refractivity (Wildman–Crippen MR) is 95.4 cm³/mol. The van der Waals surface area contributed by atoms with Crippen molar-refractivity contribution in [1.82, 2.24) is 0 Å². The summed E-state index contributed by atoms with van der Waals surface area (Å²) < 4.78 is 10.1. The Kier molecular flexibility index (Phi) is 9.08. The highest BCUT2D eigenvalue weighted by Gasteiger charge is 2.26. The van der Waals surface area contributed by atoms with E-state index >= 15 is 0 Å². The van der Waals surface area contributed by atoms with Gasteiger partial charge < -0.3 is 9.47 Å². The number of hydrogen-bond donors (Lipinski definition) is 0. The Balaban J connectivity index is 0.000000307. The largest absolute Gasteiger partial charge is 0.449 e. The molecule has 0 radical (unpaired) electrons. The van der Waals surface area contributed by atoms with Gasteiger partial charge in [0.25, 0.3) is 0 Å². The fraction of sp³-hybridized carbons (Fsp3) is 0.579. The summed E-state index contributed by atoms with van der Waals surface area (Å²) in [6.07, 6.45) is 1.79.